The molecule has 0 spiro atoms. The molecule has 238 valence electrons. The zero-order valence-corrected chi connectivity index (χ0v) is 28.6. The molecule has 0 fully saturated rings. The number of halogens is 10. The van der Waals surface area contributed by atoms with E-state index in [9.17, 15) is 43.9 Å². The Labute approximate surface area is 259 Å². The summed E-state index contributed by atoms with van der Waals surface area (Å²) in [4.78, 5) is 0. The Kier molecular flexibility index (Phi) is 7.56. The maximum atomic E-state index is 15.0. The molecule has 2 aliphatic rings. The van der Waals surface area contributed by atoms with Gasteiger partial charge in [-0.2, -0.15) is 0 Å². The summed E-state index contributed by atoms with van der Waals surface area (Å²) in [6.45, 7) is 5.46. The maximum absolute atomic E-state index is 15.0. The average molecular weight is 742 g/mol. The molecular weight excluding hydrogens is 718 g/mol. The van der Waals surface area contributed by atoms with Crippen molar-refractivity contribution >= 4 is 19.0 Å². The van der Waals surface area contributed by atoms with Crippen LogP contribution in [0.1, 0.15) is 43.4 Å². The van der Waals surface area contributed by atoms with Crippen LogP contribution < -0.4 is 0 Å². The van der Waals surface area contributed by atoms with E-state index in [4.69, 9.17) is 0 Å². The van der Waals surface area contributed by atoms with E-state index in [1.54, 1.807) is 24.3 Å². The number of fused-ring (bicyclic) bond motifs is 2. The van der Waals surface area contributed by atoms with Gasteiger partial charge in [-0.1, -0.05) is 0 Å². The minimum absolute atomic E-state index is 0.159. The van der Waals surface area contributed by atoms with E-state index in [0.717, 1.165) is 11.1 Å². The van der Waals surface area contributed by atoms with Crippen molar-refractivity contribution in [2.45, 2.75) is 30.4 Å². The molecule has 0 nitrogen and oxygen atoms in total. The van der Waals surface area contributed by atoms with Crippen LogP contribution in [0, 0.1) is 58.2 Å². The van der Waals surface area contributed by atoms with Crippen LogP contribution in [-0.2, 0) is 17.4 Å². The molecule has 12 heteroatoms. The molecule has 0 aliphatic heterocycles. The van der Waals surface area contributed by atoms with Crippen LogP contribution >= 0.6 is 0 Å². The Morgan fingerprint density at radius 2 is 0.761 bits per heavy atom. The van der Waals surface area contributed by atoms with Gasteiger partial charge < -0.3 is 0 Å². The predicted molar refractivity (Wildman–Crippen MR) is 156 cm³/mol. The summed E-state index contributed by atoms with van der Waals surface area (Å²) < 4.78 is 148. The summed E-state index contributed by atoms with van der Waals surface area (Å²) in [6, 6.07) is 9.07. The van der Waals surface area contributed by atoms with Crippen molar-refractivity contribution in [2.75, 3.05) is 0 Å². The topological polar surface area (TPSA) is 0 Å². The van der Waals surface area contributed by atoms with Gasteiger partial charge in [0.1, 0.15) is 0 Å². The van der Waals surface area contributed by atoms with E-state index >= 15 is 0 Å². The number of benzene rings is 4. The van der Waals surface area contributed by atoms with E-state index in [2.05, 4.69) is 9.26 Å². The molecule has 0 saturated heterocycles. The summed E-state index contributed by atoms with van der Waals surface area (Å²) in [5, 5.41) is 0. The standard InChI is InChI=1S/2C16H8F5.2CH3.H2Si.Zr/c2*1-7-5-8-3-2-4-9(10(8)6-7)11-12(17)14(19)16(21)15(20)13(11)18;;;;/h2*2-6H,1H3;2*1H3;1H2;. The number of rotatable bonds is 4. The van der Waals surface area contributed by atoms with E-state index in [-0.39, 0.29) is 18.4 Å². The van der Waals surface area contributed by atoms with Crippen molar-refractivity contribution in [3.8, 4) is 22.3 Å². The van der Waals surface area contributed by atoms with Crippen LogP contribution in [0.15, 0.2) is 47.5 Å². The van der Waals surface area contributed by atoms with Crippen molar-refractivity contribution in [3.63, 3.8) is 0 Å². The molecule has 4 aromatic carbocycles. The molecule has 2 aliphatic carbocycles. The summed E-state index contributed by atoms with van der Waals surface area (Å²) >= 11 is -4.44. The van der Waals surface area contributed by atoms with Crippen molar-refractivity contribution in [3.05, 3.63) is 128 Å². The predicted octanol–water partition coefficient (Wildman–Crippen LogP) is 10.4. The number of allylic oxidation sites excluding steroid dienone is 2. The SMILES string of the molecule is CC1=Cc2c(-c3c(F)c(F)c(F)c(F)c3F)cccc2[CH]1[Zr]([CH3])([CH3])(=[SiH2])[CH]1C(C)=Cc2c(-c3c(F)c(F)c(F)c(F)c3F)cccc21. The summed E-state index contributed by atoms with van der Waals surface area (Å²) in [6.07, 6.45) is 3.36. The van der Waals surface area contributed by atoms with Crippen LogP contribution in [0.3, 0.4) is 0 Å². The molecule has 0 saturated carbocycles. The second-order valence-corrected chi connectivity index (χ2v) is 43.6. The molecule has 0 radical (unpaired) electrons. The minimum atomic E-state index is -4.44. The zero-order chi connectivity index (χ0) is 33.8. The van der Waals surface area contributed by atoms with Gasteiger partial charge in [-0.25, -0.2) is 0 Å². The van der Waals surface area contributed by atoms with E-state index < -0.39 is 86.7 Å². The Morgan fingerprint density at radius 1 is 0.478 bits per heavy atom. The molecule has 0 aromatic heterocycles. The van der Waals surface area contributed by atoms with Crippen LogP contribution in [0.2, 0.25) is 9.26 Å². The van der Waals surface area contributed by atoms with Crippen LogP contribution in [0.25, 0.3) is 34.4 Å². The molecule has 2 unspecified atom stereocenters. The van der Waals surface area contributed by atoms with Crippen LogP contribution in [0.4, 0.5) is 43.9 Å². The Hall–Kier alpha value is -3.24. The van der Waals surface area contributed by atoms with Crippen molar-refractivity contribution < 1.29 is 61.3 Å². The first kappa shape index (κ1) is 32.7. The third kappa shape index (κ3) is 4.42. The quantitative estimate of drug-likeness (QED) is 0.0846. The van der Waals surface area contributed by atoms with Crippen LogP contribution in [-0.4, -0.2) is 6.88 Å². The van der Waals surface area contributed by atoms with Crippen molar-refractivity contribution in [1.29, 1.82) is 0 Å². The van der Waals surface area contributed by atoms with Gasteiger partial charge in [0.05, 0.1) is 0 Å². The first-order valence-electron chi connectivity index (χ1n) is 14.1. The molecule has 0 bridgehead atoms. The van der Waals surface area contributed by atoms with Gasteiger partial charge in [-0.05, 0) is 0 Å². The first-order chi connectivity index (χ1) is 21.4. The molecule has 46 heavy (non-hydrogen) atoms. The van der Waals surface area contributed by atoms with Gasteiger partial charge in [-0.3, -0.25) is 0 Å². The Balaban J connectivity index is 1.54. The van der Waals surface area contributed by atoms with Crippen molar-refractivity contribution in [1.82, 2.24) is 0 Å². The fraction of sp³-hybridized carbons (Fsp3) is 0.176. The molecule has 2 atom stereocenters. The van der Waals surface area contributed by atoms with Gasteiger partial charge in [0, 0.05) is 0 Å². The van der Waals surface area contributed by atoms with Crippen molar-refractivity contribution in [2.24, 2.45) is 0 Å². The zero-order valence-electron chi connectivity index (χ0n) is 24.8. The fourth-order valence-electron chi connectivity index (χ4n) is 7.91. The van der Waals surface area contributed by atoms with E-state index in [0.29, 0.717) is 22.3 Å². The van der Waals surface area contributed by atoms with Gasteiger partial charge >= 0.3 is 261 Å². The van der Waals surface area contributed by atoms with Gasteiger partial charge in [0.15, 0.2) is 0 Å². The fourth-order valence-corrected chi connectivity index (χ4v) is 29.2. The molecule has 4 aromatic rings. The first-order valence-corrected chi connectivity index (χ1v) is 27.8. The Morgan fingerprint density at radius 3 is 1.07 bits per heavy atom. The van der Waals surface area contributed by atoms with Gasteiger partial charge in [0.25, 0.3) is 0 Å². The molecule has 0 heterocycles. The summed E-state index contributed by atoms with van der Waals surface area (Å²) in [7, 11) is 0. The van der Waals surface area contributed by atoms with E-state index in [1.807, 2.05) is 20.7 Å². The molecule has 0 amide bonds. The average Bonchev–Trinajstić information content (AvgIpc) is 3.54. The third-order valence-electron chi connectivity index (χ3n) is 9.41. The van der Waals surface area contributed by atoms with Gasteiger partial charge in [-0.15, -0.1) is 0 Å². The summed E-state index contributed by atoms with van der Waals surface area (Å²) in [5.41, 5.74) is 1.13. The van der Waals surface area contributed by atoms with E-state index in [1.165, 1.54) is 24.3 Å². The summed E-state index contributed by atoms with van der Waals surface area (Å²) in [5.74, 6) is -20.5. The Bertz CT molecular complexity index is 1970. The number of hydrogen-bond acceptors (Lipinski definition) is 0. The van der Waals surface area contributed by atoms with Gasteiger partial charge in [0.2, 0.25) is 0 Å². The monoisotopic (exact) mass is 740 g/mol. The second-order valence-electron chi connectivity index (χ2n) is 13.1. The number of hydrogen-bond donors (Lipinski definition) is 0. The third-order valence-corrected chi connectivity index (χ3v) is 27.3. The van der Waals surface area contributed by atoms with Crippen LogP contribution in [0.5, 0.6) is 0 Å². The molecule has 0 N–H and O–H groups in total. The molecule has 6 rings (SSSR count). The second kappa shape index (κ2) is 10.6. The normalized spacial score (nSPS) is 17.6. The molecular formula is C34H24F10SiZr.